The second-order valence-electron chi connectivity index (χ2n) is 3.14. The van der Waals surface area contributed by atoms with Gasteiger partial charge in [-0.1, -0.05) is 23.8 Å². The van der Waals surface area contributed by atoms with E-state index >= 15 is 0 Å². The molecule has 3 aliphatic carbocycles. The lowest BCUT2D eigenvalue weighted by molar-refractivity contribution is 0.505. The van der Waals surface area contributed by atoms with Gasteiger partial charge in [-0.3, -0.25) is 0 Å². The molecule has 0 saturated carbocycles. The van der Waals surface area contributed by atoms with E-state index < -0.39 is 0 Å². The Labute approximate surface area is 56.3 Å². The van der Waals surface area contributed by atoms with E-state index in [0.717, 1.165) is 11.8 Å². The van der Waals surface area contributed by atoms with Gasteiger partial charge in [-0.05, 0) is 31.6 Å². The molecule has 0 nitrogen and oxygen atoms in total. The van der Waals surface area contributed by atoms with Crippen molar-refractivity contribution in [2.75, 3.05) is 0 Å². The fourth-order valence-corrected chi connectivity index (χ4v) is 1.82. The summed E-state index contributed by atoms with van der Waals surface area (Å²) in [6, 6.07) is 0. The summed E-state index contributed by atoms with van der Waals surface area (Å²) in [5, 5.41) is 0. The molecule has 0 saturated heterocycles. The van der Waals surface area contributed by atoms with Crippen LogP contribution in [0, 0.1) is 11.8 Å². The molecule has 0 aliphatic heterocycles. The molecule has 0 aromatic heterocycles. The lowest BCUT2D eigenvalue weighted by atomic mass is 9.77. The fraction of sp³-hybridized carbons (Fsp3) is 0.556. The van der Waals surface area contributed by atoms with Gasteiger partial charge in [0.15, 0.2) is 0 Å². The van der Waals surface area contributed by atoms with Crippen LogP contribution in [0.25, 0.3) is 0 Å². The smallest absolute Gasteiger partial charge is 0.00253 e. The first-order valence-electron chi connectivity index (χ1n) is 3.73. The van der Waals surface area contributed by atoms with Gasteiger partial charge >= 0.3 is 0 Å². The monoisotopic (exact) mass is 120 g/mol. The van der Waals surface area contributed by atoms with Crippen LogP contribution in [0.5, 0.6) is 0 Å². The van der Waals surface area contributed by atoms with Crippen LogP contribution in [0.3, 0.4) is 0 Å². The van der Waals surface area contributed by atoms with Crippen molar-refractivity contribution in [1.82, 2.24) is 0 Å². The van der Waals surface area contributed by atoms with Gasteiger partial charge in [0.05, 0.1) is 0 Å². The second-order valence-corrected chi connectivity index (χ2v) is 3.14. The van der Waals surface area contributed by atoms with Crippen molar-refractivity contribution in [3.63, 3.8) is 0 Å². The number of hydrogen-bond donors (Lipinski definition) is 0. The van der Waals surface area contributed by atoms with Gasteiger partial charge < -0.3 is 0 Å². The Balaban J connectivity index is 2.34. The number of fused-ring (bicyclic) bond motifs is 1. The average Bonchev–Trinajstić information content (AvgIpc) is 1.90. The quantitative estimate of drug-likeness (QED) is 0.431. The molecule has 0 unspecified atom stereocenters. The summed E-state index contributed by atoms with van der Waals surface area (Å²) in [6.45, 7) is 2.25. The minimum Gasteiger partial charge on any atom is -0.0810 e. The molecule has 0 radical (unpaired) electrons. The minimum absolute atomic E-state index is 0.787. The van der Waals surface area contributed by atoms with Gasteiger partial charge in [-0.15, -0.1) is 0 Å². The van der Waals surface area contributed by atoms with Gasteiger partial charge in [0.1, 0.15) is 0 Å². The summed E-state index contributed by atoms with van der Waals surface area (Å²) in [5.41, 5.74) is 1.59. The Kier molecular flexibility index (Phi) is 1.01. The molecule has 0 amide bonds. The van der Waals surface area contributed by atoms with Crippen LogP contribution in [0.2, 0.25) is 0 Å². The van der Waals surface area contributed by atoms with E-state index in [2.05, 4.69) is 25.2 Å². The Hall–Kier alpha value is -0.520. The Bertz CT molecular complexity index is 174. The van der Waals surface area contributed by atoms with E-state index in [1.54, 1.807) is 5.57 Å². The van der Waals surface area contributed by atoms with Crippen molar-refractivity contribution in [2.45, 2.75) is 19.8 Å². The molecule has 3 aliphatic rings. The van der Waals surface area contributed by atoms with Crippen molar-refractivity contribution < 1.29 is 0 Å². The van der Waals surface area contributed by atoms with Crippen molar-refractivity contribution in [3.05, 3.63) is 23.8 Å². The largest absolute Gasteiger partial charge is 0.0810 e. The zero-order valence-corrected chi connectivity index (χ0v) is 5.80. The molecule has 0 fully saturated rings. The predicted molar refractivity (Wildman–Crippen MR) is 39.1 cm³/mol. The van der Waals surface area contributed by atoms with Gasteiger partial charge in [0.25, 0.3) is 0 Å². The van der Waals surface area contributed by atoms with E-state index in [1.165, 1.54) is 12.8 Å². The first kappa shape index (κ1) is 5.28. The van der Waals surface area contributed by atoms with Crippen LogP contribution >= 0.6 is 0 Å². The Morgan fingerprint density at radius 2 is 2.22 bits per heavy atom. The summed E-state index contributed by atoms with van der Waals surface area (Å²) in [5.74, 6) is 1.59. The van der Waals surface area contributed by atoms with Gasteiger partial charge in [0, 0.05) is 0 Å². The molecule has 2 bridgehead atoms. The van der Waals surface area contributed by atoms with Crippen molar-refractivity contribution >= 4 is 0 Å². The normalized spacial score (nSPS) is 39.0. The third kappa shape index (κ3) is 0.735. The predicted octanol–water partition coefficient (Wildman–Crippen LogP) is 2.53. The highest BCUT2D eigenvalue weighted by Crippen LogP contribution is 2.34. The van der Waals surface area contributed by atoms with Crippen LogP contribution in [-0.4, -0.2) is 0 Å². The summed E-state index contributed by atoms with van der Waals surface area (Å²) >= 11 is 0. The molecule has 0 spiro atoms. The van der Waals surface area contributed by atoms with Gasteiger partial charge in [0.2, 0.25) is 0 Å². The van der Waals surface area contributed by atoms with Crippen molar-refractivity contribution in [1.29, 1.82) is 0 Å². The molecule has 48 valence electrons. The third-order valence-corrected chi connectivity index (χ3v) is 2.46. The molecule has 0 N–H and O–H groups in total. The van der Waals surface area contributed by atoms with Crippen LogP contribution in [0.1, 0.15) is 19.8 Å². The summed E-state index contributed by atoms with van der Waals surface area (Å²) in [6.07, 6.45) is 9.90. The summed E-state index contributed by atoms with van der Waals surface area (Å²) < 4.78 is 0. The van der Waals surface area contributed by atoms with Crippen molar-refractivity contribution in [3.8, 4) is 0 Å². The number of allylic oxidation sites excluding steroid dienone is 4. The highest BCUT2D eigenvalue weighted by molar-refractivity contribution is 5.24. The maximum atomic E-state index is 2.41. The van der Waals surface area contributed by atoms with E-state index in [0.29, 0.717) is 0 Å². The van der Waals surface area contributed by atoms with E-state index in [9.17, 15) is 0 Å². The van der Waals surface area contributed by atoms with Crippen LogP contribution in [0.15, 0.2) is 23.8 Å². The lowest BCUT2D eigenvalue weighted by Gasteiger charge is -2.28. The fourth-order valence-electron chi connectivity index (χ4n) is 1.82. The Morgan fingerprint density at radius 3 is 2.44 bits per heavy atom. The molecular weight excluding hydrogens is 108 g/mol. The van der Waals surface area contributed by atoms with Crippen LogP contribution < -0.4 is 0 Å². The second kappa shape index (κ2) is 1.73. The highest BCUT2D eigenvalue weighted by atomic mass is 14.3. The average molecular weight is 120 g/mol. The summed E-state index contributed by atoms with van der Waals surface area (Å²) in [7, 11) is 0. The third-order valence-electron chi connectivity index (χ3n) is 2.46. The number of rotatable bonds is 0. The standard InChI is InChI=1S/C9H12/c1-7-6-8-2-4-9(7)5-3-8/h2,4,6,8-9H,3,5H2,1H3/t8-,9+/m0/s1. The first-order valence-corrected chi connectivity index (χ1v) is 3.73. The molecule has 0 aromatic carbocycles. The van der Waals surface area contributed by atoms with E-state index in [4.69, 9.17) is 0 Å². The van der Waals surface area contributed by atoms with Gasteiger partial charge in [-0.2, -0.15) is 0 Å². The molecule has 0 aromatic rings. The molecule has 3 rings (SSSR count). The maximum absolute atomic E-state index is 2.41. The highest BCUT2D eigenvalue weighted by Gasteiger charge is 2.20. The molecule has 9 heavy (non-hydrogen) atoms. The lowest BCUT2D eigenvalue weighted by Crippen LogP contribution is -2.14. The molecule has 0 heteroatoms. The van der Waals surface area contributed by atoms with E-state index in [1.807, 2.05) is 0 Å². The topological polar surface area (TPSA) is 0 Å². The maximum Gasteiger partial charge on any atom is -0.00253 e. The van der Waals surface area contributed by atoms with Crippen LogP contribution in [-0.2, 0) is 0 Å². The first-order chi connectivity index (χ1) is 4.36. The minimum atomic E-state index is 0.787. The van der Waals surface area contributed by atoms with Crippen LogP contribution in [0.4, 0.5) is 0 Å². The van der Waals surface area contributed by atoms with Crippen molar-refractivity contribution in [2.24, 2.45) is 11.8 Å². The molecule has 0 heterocycles. The summed E-state index contributed by atoms with van der Waals surface area (Å²) in [4.78, 5) is 0. The van der Waals surface area contributed by atoms with E-state index in [-0.39, 0.29) is 0 Å². The zero-order chi connectivity index (χ0) is 6.27. The van der Waals surface area contributed by atoms with Gasteiger partial charge in [-0.25, -0.2) is 0 Å². The molecular formula is C9H12. The molecule has 2 atom stereocenters. The zero-order valence-electron chi connectivity index (χ0n) is 5.80. The Morgan fingerprint density at radius 1 is 1.33 bits per heavy atom. The number of hydrogen-bond acceptors (Lipinski definition) is 0. The SMILES string of the molecule is CC1=C[C@H]2C=C[C@@H]1CC2.